The van der Waals surface area contributed by atoms with Crippen molar-refractivity contribution in [2.45, 2.75) is 18.8 Å². The molecule has 0 amide bonds. The Morgan fingerprint density at radius 3 is 3.27 bits per heavy atom. The maximum absolute atomic E-state index is 8.78. The number of nitrogens with zero attached hydrogens (tertiary/aromatic N) is 1. The van der Waals surface area contributed by atoms with E-state index >= 15 is 0 Å². The van der Waals surface area contributed by atoms with Crippen LogP contribution in [0.25, 0.3) is 0 Å². The van der Waals surface area contributed by atoms with Crippen LogP contribution in [0.3, 0.4) is 0 Å². The molecule has 2 atom stereocenters. The highest BCUT2D eigenvalue weighted by atomic mass is 16.7. The molecule has 76 valence electrons. The van der Waals surface area contributed by atoms with Crippen LogP contribution >= 0.6 is 0 Å². The quantitative estimate of drug-likeness (QED) is 0.692. The topological polar surface area (TPSA) is 54.3 Å². The lowest BCUT2D eigenvalue weighted by molar-refractivity contribution is -0.0474. The fraction of sp³-hybridized carbons (Fsp3) is 0.364. The van der Waals surface area contributed by atoms with Crippen molar-refractivity contribution in [3.8, 4) is 11.8 Å². The summed E-state index contributed by atoms with van der Waals surface area (Å²) in [7, 11) is 0. The highest BCUT2D eigenvalue weighted by molar-refractivity contribution is 5.62. The van der Waals surface area contributed by atoms with Gasteiger partial charge in [-0.2, -0.15) is 5.26 Å². The molecule has 0 aliphatic carbocycles. The molecule has 4 heteroatoms. The van der Waals surface area contributed by atoms with Crippen LogP contribution in [0.1, 0.15) is 12.0 Å². The lowest BCUT2D eigenvalue weighted by atomic mass is 10.1. The van der Waals surface area contributed by atoms with Gasteiger partial charge in [-0.1, -0.05) is 0 Å². The summed E-state index contributed by atoms with van der Waals surface area (Å²) in [5, 5.41) is 12.1. The summed E-state index contributed by atoms with van der Waals surface area (Å²) < 4.78 is 11.1. The number of hydrogen-bond donors (Lipinski definition) is 1. The first-order chi connectivity index (χ1) is 7.36. The van der Waals surface area contributed by atoms with Gasteiger partial charge in [0.15, 0.2) is 0 Å². The van der Waals surface area contributed by atoms with Gasteiger partial charge in [0.05, 0.1) is 30.0 Å². The van der Waals surface area contributed by atoms with Gasteiger partial charge < -0.3 is 14.8 Å². The van der Waals surface area contributed by atoms with Gasteiger partial charge in [0, 0.05) is 0 Å². The van der Waals surface area contributed by atoms with Crippen LogP contribution in [0, 0.1) is 11.3 Å². The molecule has 2 aliphatic rings. The Labute approximate surface area is 87.4 Å². The molecule has 0 spiro atoms. The first-order valence-electron chi connectivity index (χ1n) is 4.96. The Balaban J connectivity index is 1.97. The molecule has 4 nitrogen and oxygen atoms in total. The number of fused-ring (bicyclic) bond motifs is 2. The highest BCUT2D eigenvalue weighted by Gasteiger charge is 2.34. The first kappa shape index (κ1) is 8.57. The van der Waals surface area contributed by atoms with E-state index < -0.39 is 0 Å². The molecular formula is C11H10N2O2. The fourth-order valence-corrected chi connectivity index (χ4v) is 1.96. The van der Waals surface area contributed by atoms with Crippen molar-refractivity contribution in [3.05, 3.63) is 23.8 Å². The maximum atomic E-state index is 8.78. The lowest BCUT2D eigenvalue weighted by Crippen LogP contribution is -2.37. The number of anilines is 1. The summed E-state index contributed by atoms with van der Waals surface area (Å²) in [6.07, 6.45) is 0.770. The number of benzene rings is 1. The average molecular weight is 202 g/mol. The fourth-order valence-electron chi connectivity index (χ4n) is 1.96. The van der Waals surface area contributed by atoms with Gasteiger partial charge in [-0.05, 0) is 24.6 Å². The van der Waals surface area contributed by atoms with Crippen LogP contribution in [-0.4, -0.2) is 18.9 Å². The molecule has 1 fully saturated rings. The number of hydrogen-bond acceptors (Lipinski definition) is 4. The number of ether oxygens (including phenoxy) is 2. The Bertz CT molecular complexity index is 439. The minimum absolute atomic E-state index is 0.176. The van der Waals surface area contributed by atoms with Crippen LogP contribution in [0.15, 0.2) is 18.2 Å². The molecular weight excluding hydrogens is 192 g/mol. The summed E-state index contributed by atoms with van der Waals surface area (Å²) in [6, 6.07) is 7.68. The second-order valence-electron chi connectivity index (χ2n) is 3.72. The summed E-state index contributed by atoms with van der Waals surface area (Å²) in [5.74, 6) is 0.761. The summed E-state index contributed by atoms with van der Waals surface area (Å²) >= 11 is 0. The third-order valence-electron chi connectivity index (χ3n) is 2.73. The van der Waals surface area contributed by atoms with Crippen molar-refractivity contribution in [2.24, 2.45) is 0 Å². The number of rotatable bonds is 0. The molecule has 15 heavy (non-hydrogen) atoms. The lowest BCUT2D eigenvalue weighted by Gasteiger charge is -2.29. The molecule has 3 rings (SSSR count). The van der Waals surface area contributed by atoms with E-state index in [0.29, 0.717) is 5.56 Å². The van der Waals surface area contributed by atoms with Gasteiger partial charge >= 0.3 is 0 Å². The van der Waals surface area contributed by atoms with Gasteiger partial charge in [0.2, 0.25) is 6.29 Å². The Kier molecular flexibility index (Phi) is 1.79. The minimum atomic E-state index is -0.176. The van der Waals surface area contributed by atoms with Crippen LogP contribution in [0.2, 0.25) is 0 Å². The Morgan fingerprint density at radius 2 is 2.40 bits per heavy atom. The Morgan fingerprint density at radius 1 is 1.47 bits per heavy atom. The largest absolute Gasteiger partial charge is 0.461 e. The molecule has 1 saturated heterocycles. The van der Waals surface area contributed by atoms with Crippen molar-refractivity contribution >= 4 is 5.69 Å². The van der Waals surface area contributed by atoms with Crippen molar-refractivity contribution in [1.82, 2.24) is 0 Å². The zero-order valence-electron chi connectivity index (χ0n) is 8.06. The number of nitrogens with one attached hydrogen (secondary N) is 1. The van der Waals surface area contributed by atoms with Gasteiger partial charge in [-0.15, -0.1) is 0 Å². The monoisotopic (exact) mass is 202 g/mol. The third-order valence-corrected chi connectivity index (χ3v) is 2.73. The molecule has 1 aromatic rings. The molecule has 0 saturated carbocycles. The minimum Gasteiger partial charge on any atom is -0.461 e. The third kappa shape index (κ3) is 1.32. The van der Waals surface area contributed by atoms with Gasteiger partial charge in [0.1, 0.15) is 5.75 Å². The molecule has 2 heterocycles. The zero-order chi connectivity index (χ0) is 10.3. The normalized spacial score (nSPS) is 26.9. The van der Waals surface area contributed by atoms with E-state index in [9.17, 15) is 0 Å². The van der Waals surface area contributed by atoms with E-state index in [4.69, 9.17) is 14.7 Å². The predicted octanol–water partition coefficient (Wildman–Crippen LogP) is 1.48. The summed E-state index contributed by atoms with van der Waals surface area (Å²) in [4.78, 5) is 0. The van der Waals surface area contributed by atoms with Crippen LogP contribution < -0.4 is 10.1 Å². The second kappa shape index (κ2) is 3.14. The van der Waals surface area contributed by atoms with Crippen molar-refractivity contribution in [3.63, 3.8) is 0 Å². The van der Waals surface area contributed by atoms with E-state index in [-0.39, 0.29) is 12.3 Å². The van der Waals surface area contributed by atoms with Gasteiger partial charge in [-0.25, -0.2) is 0 Å². The van der Waals surface area contributed by atoms with Gasteiger partial charge in [-0.3, -0.25) is 0 Å². The average Bonchev–Trinajstić information content (AvgIpc) is 2.72. The van der Waals surface area contributed by atoms with Crippen molar-refractivity contribution < 1.29 is 9.47 Å². The van der Waals surface area contributed by atoms with E-state index in [1.807, 2.05) is 6.07 Å². The zero-order valence-corrected chi connectivity index (χ0v) is 8.06. The predicted molar refractivity (Wildman–Crippen MR) is 53.6 cm³/mol. The maximum Gasteiger partial charge on any atom is 0.220 e. The van der Waals surface area contributed by atoms with Crippen LogP contribution in [0.5, 0.6) is 5.75 Å². The second-order valence-corrected chi connectivity index (χ2v) is 3.72. The molecule has 0 radical (unpaired) electrons. The molecule has 2 aliphatic heterocycles. The summed E-state index contributed by atoms with van der Waals surface area (Å²) in [5.41, 5.74) is 1.53. The number of nitriles is 1. The van der Waals surface area contributed by atoms with E-state index in [1.165, 1.54) is 0 Å². The van der Waals surface area contributed by atoms with E-state index in [0.717, 1.165) is 24.5 Å². The molecule has 0 aromatic heterocycles. The Hall–Kier alpha value is -1.73. The molecule has 1 N–H and O–H groups in total. The summed E-state index contributed by atoms with van der Waals surface area (Å²) in [6.45, 7) is 0.724. The van der Waals surface area contributed by atoms with E-state index in [2.05, 4.69) is 11.4 Å². The first-order valence-corrected chi connectivity index (χ1v) is 4.96. The van der Waals surface area contributed by atoms with Crippen LogP contribution in [0.4, 0.5) is 5.69 Å². The molecule has 1 aromatic carbocycles. The molecule has 0 bridgehead atoms. The SMILES string of the molecule is N#Cc1ccc2c(c1)N[C@H]1CCO[C@H]1O2. The van der Waals surface area contributed by atoms with Crippen molar-refractivity contribution in [1.29, 1.82) is 5.26 Å². The van der Waals surface area contributed by atoms with Crippen LogP contribution in [-0.2, 0) is 4.74 Å². The molecule has 0 unspecified atom stereocenters. The van der Waals surface area contributed by atoms with Gasteiger partial charge in [0.25, 0.3) is 0 Å². The van der Waals surface area contributed by atoms with E-state index in [1.54, 1.807) is 12.1 Å². The standard InChI is InChI=1S/C11H10N2O2/c12-6-7-1-2-10-9(5-7)13-8-3-4-14-11(8)15-10/h1-2,5,8,11,13H,3-4H2/t8-,11-/m0/s1. The highest BCUT2D eigenvalue weighted by Crippen LogP contribution is 2.35. The van der Waals surface area contributed by atoms with Crippen molar-refractivity contribution in [2.75, 3.05) is 11.9 Å². The smallest absolute Gasteiger partial charge is 0.220 e.